The first-order chi connectivity index (χ1) is 12.8. The Morgan fingerprint density at radius 3 is 1.71 bits per heavy atom. The number of carboxylic acids is 1. The van der Waals surface area contributed by atoms with Gasteiger partial charge in [0.05, 0.1) is 11.3 Å². The Morgan fingerprint density at radius 1 is 0.964 bits per heavy atom. The van der Waals surface area contributed by atoms with Crippen LogP contribution in [0.4, 0.5) is 0 Å². The minimum absolute atomic E-state index is 0.00779. The van der Waals surface area contributed by atoms with Crippen LogP contribution in [-0.2, 0) is 28.8 Å². The van der Waals surface area contributed by atoms with E-state index in [1.54, 1.807) is 39.5 Å². The zero-order chi connectivity index (χ0) is 22.9. The van der Waals surface area contributed by atoms with E-state index in [1.165, 1.54) is 0 Å². The van der Waals surface area contributed by atoms with Gasteiger partial charge in [-0.2, -0.15) is 9.59 Å². The fraction of sp³-hybridized carbons (Fsp3) is 0.737. The molecule has 0 saturated carbocycles. The lowest BCUT2D eigenvalue weighted by Gasteiger charge is -2.15. The molecule has 0 bridgehead atoms. The number of Topliss-reactive ketones (excluding diaryl/α,β-unsaturated/α-hetero) is 2. The maximum absolute atomic E-state index is 11.8. The highest BCUT2D eigenvalue weighted by Crippen LogP contribution is 2.19. The van der Waals surface area contributed by atoms with E-state index in [-0.39, 0.29) is 54.1 Å². The van der Waals surface area contributed by atoms with E-state index < -0.39 is 12.0 Å². The topological polar surface area (TPSA) is 135 Å². The van der Waals surface area contributed by atoms with Crippen LogP contribution in [0, 0.1) is 5.92 Å². The van der Waals surface area contributed by atoms with Gasteiger partial charge in [0.15, 0.2) is 5.78 Å². The molecule has 0 saturated heterocycles. The Labute approximate surface area is 171 Å². The average molecular weight is 420 g/mol. The Kier molecular flexibility index (Phi) is 20.2. The lowest BCUT2D eigenvalue weighted by Crippen LogP contribution is -2.40. The van der Waals surface area contributed by atoms with Gasteiger partial charge in [0.1, 0.15) is 5.78 Å². The summed E-state index contributed by atoms with van der Waals surface area (Å²) in [6.07, 6.45) is 0.854. The lowest BCUT2D eigenvalue weighted by molar-refractivity contribution is -0.191. The number of carboxylic acid groups (broad SMARTS) is 1. The molecule has 162 valence electrons. The second kappa shape index (κ2) is 18.4. The molecule has 2 atom stereocenters. The fourth-order valence-corrected chi connectivity index (χ4v) is 2.90. The van der Waals surface area contributed by atoms with Crippen LogP contribution in [0.25, 0.3) is 0 Å². The van der Waals surface area contributed by atoms with E-state index in [2.05, 4.69) is 5.32 Å². The van der Waals surface area contributed by atoms with Crippen LogP contribution in [0.5, 0.6) is 0 Å². The molecule has 0 radical (unpaired) electrons. The molecule has 0 aromatic carbocycles. The van der Waals surface area contributed by atoms with Crippen LogP contribution in [-0.4, -0.2) is 51.2 Å². The standard InChI is InChI=1S/C15H27NO3S.C3H6O2.CO2/c1-9(2)15(19)11(5)16-14(18)8-7-13(17)12(6)20-10(3)4;1-2-3(4)5;2-1-3/h9-12H,7-8H2,1-6H3,(H,16,18);2H2,1H3,(H,4,5);/t11-,12?;;/m0../s1. The number of thioether (sulfide) groups is 1. The number of carbonyl (C=O) groups excluding carboxylic acids is 5. The molecular weight excluding hydrogens is 386 g/mol. The first kappa shape index (κ1) is 30.7. The summed E-state index contributed by atoms with van der Waals surface area (Å²) in [5, 5.41) is 10.7. The summed E-state index contributed by atoms with van der Waals surface area (Å²) in [6.45, 7) is 12.8. The van der Waals surface area contributed by atoms with Crippen LogP contribution < -0.4 is 5.32 Å². The van der Waals surface area contributed by atoms with Crippen molar-refractivity contribution in [3.05, 3.63) is 0 Å². The third-order valence-corrected chi connectivity index (χ3v) is 4.42. The highest BCUT2D eigenvalue weighted by atomic mass is 32.2. The van der Waals surface area contributed by atoms with Crippen molar-refractivity contribution in [1.82, 2.24) is 5.32 Å². The largest absolute Gasteiger partial charge is 0.481 e. The summed E-state index contributed by atoms with van der Waals surface area (Å²) in [5.74, 6) is -0.990. The van der Waals surface area contributed by atoms with Crippen molar-refractivity contribution in [1.29, 1.82) is 0 Å². The third-order valence-electron chi connectivity index (χ3n) is 3.20. The predicted octanol–water partition coefficient (Wildman–Crippen LogP) is 2.49. The molecule has 0 aliphatic rings. The first-order valence-corrected chi connectivity index (χ1v) is 10.00. The van der Waals surface area contributed by atoms with E-state index in [9.17, 15) is 19.2 Å². The Hall–Kier alpha value is -1.99. The van der Waals surface area contributed by atoms with Crippen LogP contribution in [0.2, 0.25) is 0 Å². The maximum Gasteiger partial charge on any atom is 0.373 e. The molecule has 1 amide bonds. The summed E-state index contributed by atoms with van der Waals surface area (Å²) in [4.78, 5) is 60.8. The SMILES string of the molecule is CC(C)SC(C)C(=O)CCC(=O)N[C@@H](C)C(=O)C(C)C.CCC(=O)O.O=C=O. The minimum atomic E-state index is -0.745. The van der Waals surface area contributed by atoms with Gasteiger partial charge in [-0.05, 0) is 19.1 Å². The molecule has 2 N–H and O–H groups in total. The van der Waals surface area contributed by atoms with Crippen LogP contribution >= 0.6 is 11.8 Å². The van der Waals surface area contributed by atoms with E-state index in [0.29, 0.717) is 5.25 Å². The molecule has 0 aliphatic heterocycles. The van der Waals surface area contributed by atoms with Gasteiger partial charge in [0.25, 0.3) is 0 Å². The number of amides is 1. The van der Waals surface area contributed by atoms with Crippen LogP contribution in [0.15, 0.2) is 0 Å². The van der Waals surface area contributed by atoms with E-state index >= 15 is 0 Å². The van der Waals surface area contributed by atoms with Gasteiger partial charge in [0, 0.05) is 25.2 Å². The molecule has 28 heavy (non-hydrogen) atoms. The van der Waals surface area contributed by atoms with Gasteiger partial charge >= 0.3 is 12.1 Å². The van der Waals surface area contributed by atoms with Crippen molar-refractivity contribution in [3.8, 4) is 0 Å². The number of rotatable bonds is 10. The molecule has 0 aliphatic carbocycles. The van der Waals surface area contributed by atoms with Crippen LogP contribution in [0.3, 0.4) is 0 Å². The molecule has 0 heterocycles. The van der Waals surface area contributed by atoms with Gasteiger partial charge in [-0.1, -0.05) is 34.6 Å². The number of nitrogens with one attached hydrogen (secondary N) is 1. The molecule has 0 fully saturated rings. The molecule has 0 aromatic rings. The van der Waals surface area contributed by atoms with E-state index in [0.717, 1.165) is 0 Å². The zero-order valence-electron chi connectivity index (χ0n) is 17.7. The number of carbonyl (C=O) groups is 4. The number of ketones is 2. The van der Waals surface area contributed by atoms with Gasteiger partial charge < -0.3 is 10.4 Å². The Morgan fingerprint density at radius 2 is 1.39 bits per heavy atom. The van der Waals surface area contributed by atoms with Gasteiger partial charge in [-0.3, -0.25) is 19.2 Å². The molecule has 0 spiro atoms. The Balaban J connectivity index is -0.000000657. The molecule has 0 rings (SSSR count). The first-order valence-electron chi connectivity index (χ1n) is 9.06. The Bertz CT molecular complexity index is 526. The predicted molar refractivity (Wildman–Crippen MR) is 107 cm³/mol. The zero-order valence-corrected chi connectivity index (χ0v) is 18.6. The fourth-order valence-electron chi connectivity index (χ4n) is 1.81. The normalized spacial score (nSPS) is 11.8. The number of hydrogen-bond acceptors (Lipinski definition) is 7. The third kappa shape index (κ3) is 20.3. The van der Waals surface area contributed by atoms with Crippen molar-refractivity contribution in [3.63, 3.8) is 0 Å². The van der Waals surface area contributed by atoms with E-state index in [4.69, 9.17) is 14.7 Å². The second-order valence-electron chi connectivity index (χ2n) is 6.47. The summed E-state index contributed by atoms with van der Waals surface area (Å²) < 4.78 is 0. The van der Waals surface area contributed by atoms with Crippen molar-refractivity contribution >= 4 is 41.4 Å². The summed E-state index contributed by atoms with van der Waals surface area (Å²) in [5.41, 5.74) is 0. The summed E-state index contributed by atoms with van der Waals surface area (Å²) >= 11 is 1.60. The second-order valence-corrected chi connectivity index (χ2v) is 8.39. The van der Waals surface area contributed by atoms with Gasteiger partial charge in [0.2, 0.25) is 5.91 Å². The molecule has 1 unspecified atom stereocenters. The number of hydrogen-bond donors (Lipinski definition) is 2. The highest BCUT2D eigenvalue weighted by Gasteiger charge is 2.20. The number of aliphatic carboxylic acids is 1. The lowest BCUT2D eigenvalue weighted by atomic mass is 10.0. The van der Waals surface area contributed by atoms with Crippen LogP contribution in [0.1, 0.15) is 67.7 Å². The maximum atomic E-state index is 11.8. The van der Waals surface area contributed by atoms with Crippen molar-refractivity contribution in [2.45, 2.75) is 84.3 Å². The molecule has 0 aromatic heterocycles. The summed E-state index contributed by atoms with van der Waals surface area (Å²) in [6, 6.07) is -0.486. The van der Waals surface area contributed by atoms with Gasteiger partial charge in [-0.15, -0.1) is 11.8 Å². The summed E-state index contributed by atoms with van der Waals surface area (Å²) in [7, 11) is 0. The minimum Gasteiger partial charge on any atom is -0.481 e. The quantitative estimate of drug-likeness (QED) is 0.551. The average Bonchev–Trinajstić information content (AvgIpc) is 2.59. The van der Waals surface area contributed by atoms with Crippen molar-refractivity contribution in [2.24, 2.45) is 5.92 Å². The van der Waals surface area contributed by atoms with Crippen molar-refractivity contribution in [2.75, 3.05) is 0 Å². The monoisotopic (exact) mass is 419 g/mol. The highest BCUT2D eigenvalue weighted by molar-refractivity contribution is 8.01. The molecular formula is C19H33NO7S. The smallest absolute Gasteiger partial charge is 0.373 e. The van der Waals surface area contributed by atoms with E-state index in [1.807, 2.05) is 20.8 Å². The molecule has 8 nitrogen and oxygen atoms in total. The van der Waals surface area contributed by atoms with Crippen molar-refractivity contribution < 1.29 is 33.9 Å². The molecule has 9 heteroatoms. The van der Waals surface area contributed by atoms with Gasteiger partial charge in [-0.25, -0.2) is 0 Å².